The molecule has 0 saturated heterocycles. The van der Waals surface area contributed by atoms with Gasteiger partial charge in [-0.3, -0.25) is 0 Å². The number of benzene rings is 1. The van der Waals surface area contributed by atoms with E-state index in [1.54, 1.807) is 12.1 Å². The van der Waals surface area contributed by atoms with Crippen LogP contribution in [0.5, 0.6) is 0 Å². The maximum atomic E-state index is 10.8. The lowest BCUT2D eigenvalue weighted by atomic mass is 10.3. The number of carboxylic acid groups (broad SMARTS) is 1. The fourth-order valence-electron chi connectivity index (χ4n) is 1.29. The fraction of sp³-hybridized carbons (Fsp3) is 0. The number of carbonyl (C=O) groups is 1. The zero-order valence-corrected chi connectivity index (χ0v) is 10.7. The van der Waals surface area contributed by atoms with E-state index in [4.69, 9.17) is 22.4 Å². The SMILES string of the molecule is Nc1ccc(C(=O)O)nc1Sc1cccc(Cl)c1. The average Bonchev–Trinajstić information content (AvgIpc) is 2.31. The van der Waals surface area contributed by atoms with Gasteiger partial charge < -0.3 is 10.8 Å². The van der Waals surface area contributed by atoms with Crippen molar-refractivity contribution >= 4 is 35.0 Å². The topological polar surface area (TPSA) is 76.2 Å². The summed E-state index contributed by atoms with van der Waals surface area (Å²) in [5.41, 5.74) is 6.17. The van der Waals surface area contributed by atoms with Crippen LogP contribution in [0.1, 0.15) is 10.5 Å². The molecular weight excluding hydrogens is 272 g/mol. The Balaban J connectivity index is 2.33. The number of anilines is 1. The van der Waals surface area contributed by atoms with Gasteiger partial charge in [-0.25, -0.2) is 9.78 Å². The van der Waals surface area contributed by atoms with Crippen molar-refractivity contribution in [1.29, 1.82) is 0 Å². The van der Waals surface area contributed by atoms with Crippen LogP contribution in [0.3, 0.4) is 0 Å². The first-order valence-electron chi connectivity index (χ1n) is 4.99. The number of nitrogens with zero attached hydrogens (tertiary/aromatic N) is 1. The summed E-state index contributed by atoms with van der Waals surface area (Å²) in [6, 6.07) is 10.1. The first-order valence-corrected chi connectivity index (χ1v) is 6.19. The summed E-state index contributed by atoms with van der Waals surface area (Å²) in [5, 5.41) is 9.94. The minimum atomic E-state index is -1.08. The minimum Gasteiger partial charge on any atom is -0.477 e. The Labute approximate surface area is 113 Å². The molecule has 2 rings (SSSR count). The van der Waals surface area contributed by atoms with E-state index in [9.17, 15) is 4.79 Å². The average molecular weight is 281 g/mol. The third kappa shape index (κ3) is 2.94. The normalized spacial score (nSPS) is 10.3. The van der Waals surface area contributed by atoms with Crippen molar-refractivity contribution in [3.05, 3.63) is 47.1 Å². The number of hydrogen-bond donors (Lipinski definition) is 2. The molecule has 0 bridgehead atoms. The number of aromatic nitrogens is 1. The van der Waals surface area contributed by atoms with Crippen molar-refractivity contribution in [1.82, 2.24) is 4.98 Å². The second kappa shape index (κ2) is 5.29. The molecule has 0 saturated carbocycles. The molecule has 0 aliphatic heterocycles. The van der Waals surface area contributed by atoms with Crippen LogP contribution < -0.4 is 5.73 Å². The maximum Gasteiger partial charge on any atom is 0.354 e. The Bertz CT molecular complexity index is 604. The zero-order chi connectivity index (χ0) is 13.1. The summed E-state index contributed by atoms with van der Waals surface area (Å²) in [7, 11) is 0. The molecule has 3 N–H and O–H groups in total. The molecule has 1 aromatic heterocycles. The number of nitrogens with two attached hydrogens (primary N) is 1. The smallest absolute Gasteiger partial charge is 0.354 e. The van der Waals surface area contributed by atoms with Crippen molar-refractivity contribution < 1.29 is 9.90 Å². The highest BCUT2D eigenvalue weighted by atomic mass is 35.5. The van der Waals surface area contributed by atoms with E-state index < -0.39 is 5.97 Å². The lowest BCUT2D eigenvalue weighted by molar-refractivity contribution is 0.0690. The molecule has 0 spiro atoms. The summed E-state index contributed by atoms with van der Waals surface area (Å²) in [6.07, 6.45) is 0. The first kappa shape index (κ1) is 12.7. The molecule has 18 heavy (non-hydrogen) atoms. The van der Waals surface area contributed by atoms with E-state index in [0.29, 0.717) is 15.7 Å². The molecule has 2 aromatic rings. The van der Waals surface area contributed by atoms with Crippen LogP contribution in [0, 0.1) is 0 Å². The molecule has 0 unspecified atom stereocenters. The monoisotopic (exact) mass is 280 g/mol. The van der Waals surface area contributed by atoms with E-state index in [0.717, 1.165) is 4.90 Å². The van der Waals surface area contributed by atoms with Crippen LogP contribution in [0.4, 0.5) is 5.69 Å². The molecule has 92 valence electrons. The van der Waals surface area contributed by atoms with Crippen LogP contribution >= 0.6 is 23.4 Å². The van der Waals surface area contributed by atoms with Gasteiger partial charge in [0.1, 0.15) is 10.7 Å². The molecular formula is C12H9ClN2O2S. The molecule has 1 heterocycles. The Hall–Kier alpha value is -1.72. The zero-order valence-electron chi connectivity index (χ0n) is 9.13. The Kier molecular flexibility index (Phi) is 3.74. The van der Waals surface area contributed by atoms with E-state index in [-0.39, 0.29) is 5.69 Å². The van der Waals surface area contributed by atoms with Crippen LogP contribution in [-0.2, 0) is 0 Å². The first-order chi connectivity index (χ1) is 8.56. The number of halogens is 1. The summed E-state index contributed by atoms with van der Waals surface area (Å²) in [4.78, 5) is 15.7. The van der Waals surface area contributed by atoms with Gasteiger partial charge in [0.15, 0.2) is 0 Å². The molecule has 4 nitrogen and oxygen atoms in total. The highest BCUT2D eigenvalue weighted by Gasteiger charge is 2.10. The molecule has 0 atom stereocenters. The van der Waals surface area contributed by atoms with Crippen LogP contribution in [-0.4, -0.2) is 16.1 Å². The van der Waals surface area contributed by atoms with Crippen LogP contribution in [0.2, 0.25) is 5.02 Å². The standard InChI is InChI=1S/C12H9ClN2O2S/c13-7-2-1-3-8(6-7)18-11-9(14)4-5-10(15-11)12(16)17/h1-6H,14H2,(H,16,17). The van der Waals surface area contributed by atoms with E-state index in [2.05, 4.69) is 4.98 Å². The Morgan fingerprint density at radius 1 is 1.33 bits per heavy atom. The van der Waals surface area contributed by atoms with Gasteiger partial charge in [0, 0.05) is 9.92 Å². The van der Waals surface area contributed by atoms with Gasteiger partial charge in [-0.05, 0) is 30.3 Å². The van der Waals surface area contributed by atoms with E-state index >= 15 is 0 Å². The lowest BCUT2D eigenvalue weighted by Gasteiger charge is -2.05. The molecule has 6 heteroatoms. The van der Waals surface area contributed by atoms with Crippen molar-refractivity contribution in [2.45, 2.75) is 9.92 Å². The van der Waals surface area contributed by atoms with E-state index in [1.165, 1.54) is 23.9 Å². The second-order valence-corrected chi connectivity index (χ2v) is 4.95. The van der Waals surface area contributed by atoms with Gasteiger partial charge in [0.05, 0.1) is 5.69 Å². The third-order valence-electron chi connectivity index (χ3n) is 2.12. The number of pyridine rings is 1. The fourth-order valence-corrected chi connectivity index (χ4v) is 2.43. The summed E-state index contributed by atoms with van der Waals surface area (Å²) in [5.74, 6) is -1.08. The number of carboxylic acids is 1. The molecule has 0 radical (unpaired) electrons. The number of aromatic carboxylic acids is 1. The van der Waals surface area contributed by atoms with Crippen molar-refractivity contribution in [2.75, 3.05) is 5.73 Å². The Morgan fingerprint density at radius 2 is 2.11 bits per heavy atom. The summed E-state index contributed by atoms with van der Waals surface area (Å²) < 4.78 is 0. The predicted molar refractivity (Wildman–Crippen MR) is 71.2 cm³/mol. The van der Waals surface area contributed by atoms with Crippen LogP contribution in [0.15, 0.2) is 46.3 Å². The number of hydrogen-bond acceptors (Lipinski definition) is 4. The molecule has 0 fully saturated rings. The third-order valence-corrected chi connectivity index (χ3v) is 3.36. The maximum absolute atomic E-state index is 10.8. The van der Waals surface area contributed by atoms with Crippen LogP contribution in [0.25, 0.3) is 0 Å². The molecule has 0 aliphatic rings. The second-order valence-electron chi connectivity index (χ2n) is 3.46. The number of rotatable bonds is 3. The molecule has 1 aromatic carbocycles. The predicted octanol–water partition coefficient (Wildman–Crippen LogP) is 3.17. The van der Waals surface area contributed by atoms with Gasteiger partial charge in [-0.2, -0.15) is 0 Å². The van der Waals surface area contributed by atoms with Crippen molar-refractivity contribution in [3.8, 4) is 0 Å². The van der Waals surface area contributed by atoms with Gasteiger partial charge >= 0.3 is 5.97 Å². The van der Waals surface area contributed by atoms with Crippen molar-refractivity contribution in [2.24, 2.45) is 0 Å². The largest absolute Gasteiger partial charge is 0.477 e. The molecule has 0 aliphatic carbocycles. The Morgan fingerprint density at radius 3 is 2.78 bits per heavy atom. The van der Waals surface area contributed by atoms with E-state index in [1.807, 2.05) is 12.1 Å². The van der Waals surface area contributed by atoms with Gasteiger partial charge in [-0.15, -0.1) is 0 Å². The minimum absolute atomic E-state index is 0.0336. The van der Waals surface area contributed by atoms with Gasteiger partial charge in [-0.1, -0.05) is 29.4 Å². The molecule has 0 amide bonds. The van der Waals surface area contributed by atoms with Gasteiger partial charge in [0.25, 0.3) is 0 Å². The number of nitrogen functional groups attached to an aromatic ring is 1. The quantitative estimate of drug-likeness (QED) is 0.903. The summed E-state index contributed by atoms with van der Waals surface area (Å²) >= 11 is 7.15. The van der Waals surface area contributed by atoms with Gasteiger partial charge in [0.2, 0.25) is 0 Å². The lowest BCUT2D eigenvalue weighted by Crippen LogP contribution is -2.02. The summed E-state index contributed by atoms with van der Waals surface area (Å²) in [6.45, 7) is 0. The highest BCUT2D eigenvalue weighted by Crippen LogP contribution is 2.31. The van der Waals surface area contributed by atoms with Crippen molar-refractivity contribution in [3.63, 3.8) is 0 Å². The highest BCUT2D eigenvalue weighted by molar-refractivity contribution is 7.99.